The van der Waals surface area contributed by atoms with E-state index in [2.05, 4.69) is 5.32 Å². The molecule has 1 aromatic heterocycles. The lowest BCUT2D eigenvalue weighted by Gasteiger charge is -2.44. The van der Waals surface area contributed by atoms with Crippen molar-refractivity contribution in [2.24, 2.45) is 0 Å². The molecule has 7 heteroatoms. The van der Waals surface area contributed by atoms with Crippen molar-refractivity contribution in [3.8, 4) is 0 Å². The zero-order chi connectivity index (χ0) is 22.3. The van der Waals surface area contributed by atoms with Crippen molar-refractivity contribution in [3.05, 3.63) is 71.7 Å². The van der Waals surface area contributed by atoms with Gasteiger partial charge in [-0.15, -0.1) is 0 Å². The maximum Gasteiger partial charge on any atom is 0.271 e. The minimum Gasteiger partial charge on any atom is -0.376 e. The zero-order valence-corrected chi connectivity index (χ0v) is 18.0. The summed E-state index contributed by atoms with van der Waals surface area (Å²) >= 11 is 0. The summed E-state index contributed by atoms with van der Waals surface area (Å²) in [4.78, 5) is 28.7. The Kier molecular flexibility index (Phi) is 5.21. The highest BCUT2D eigenvalue weighted by Gasteiger charge is 2.47. The molecule has 0 bridgehead atoms. The molecule has 1 fully saturated rings. The first kappa shape index (κ1) is 20.7. The highest BCUT2D eigenvalue weighted by Crippen LogP contribution is 2.33. The molecule has 2 aromatic carbocycles. The largest absolute Gasteiger partial charge is 0.376 e. The van der Waals surface area contributed by atoms with Crippen LogP contribution in [-0.4, -0.2) is 46.1 Å². The second kappa shape index (κ2) is 8.06. The molecule has 3 aromatic rings. The molecule has 32 heavy (non-hydrogen) atoms. The molecule has 0 radical (unpaired) electrons. The number of fused-ring (bicyclic) bond motifs is 3. The number of hydrogen-bond acceptors (Lipinski definition) is 3. The van der Waals surface area contributed by atoms with Gasteiger partial charge in [0.25, 0.3) is 5.91 Å². The summed E-state index contributed by atoms with van der Waals surface area (Å²) in [5.41, 5.74) is 0.948. The van der Waals surface area contributed by atoms with E-state index in [0.29, 0.717) is 31.0 Å². The summed E-state index contributed by atoms with van der Waals surface area (Å²) in [6.07, 6.45) is 1.90. The van der Waals surface area contributed by atoms with E-state index in [0.717, 1.165) is 23.7 Å². The van der Waals surface area contributed by atoms with E-state index >= 15 is 0 Å². The first-order chi connectivity index (χ1) is 15.5. The minimum absolute atomic E-state index is 0.00137. The van der Waals surface area contributed by atoms with Crippen LogP contribution in [0.1, 0.15) is 35.8 Å². The fourth-order valence-corrected chi connectivity index (χ4v) is 4.77. The summed E-state index contributed by atoms with van der Waals surface area (Å²) in [5.74, 6) is -0.849. The second-order valence-corrected chi connectivity index (χ2v) is 8.81. The maximum atomic E-state index is 13.8. The van der Waals surface area contributed by atoms with Crippen LogP contribution in [-0.2, 0) is 22.6 Å². The van der Waals surface area contributed by atoms with Gasteiger partial charge in [0.15, 0.2) is 0 Å². The second-order valence-electron chi connectivity index (χ2n) is 8.81. The Hall–Kier alpha value is -3.19. The fraction of sp³-hybridized carbons (Fsp3) is 0.360. The van der Waals surface area contributed by atoms with Gasteiger partial charge < -0.3 is 19.5 Å². The summed E-state index contributed by atoms with van der Waals surface area (Å²) < 4.78 is 21.4. The Morgan fingerprint density at radius 3 is 2.84 bits per heavy atom. The van der Waals surface area contributed by atoms with E-state index in [1.807, 2.05) is 34.9 Å². The molecule has 6 nitrogen and oxygen atoms in total. The molecule has 2 atom stereocenters. The Bertz CT molecular complexity index is 1180. The van der Waals surface area contributed by atoms with Crippen LogP contribution in [0.15, 0.2) is 54.6 Å². The number of benzene rings is 2. The monoisotopic (exact) mass is 435 g/mol. The Balaban J connectivity index is 1.52. The first-order valence-corrected chi connectivity index (χ1v) is 11.0. The molecule has 0 spiro atoms. The molecule has 2 aliphatic heterocycles. The average Bonchev–Trinajstić information content (AvgIpc) is 3.43. The lowest BCUT2D eigenvalue weighted by molar-refractivity contribution is -0.133. The summed E-state index contributed by atoms with van der Waals surface area (Å²) in [7, 11) is 0. The molecule has 2 amide bonds. The topological polar surface area (TPSA) is 63.6 Å². The van der Waals surface area contributed by atoms with E-state index in [4.69, 9.17) is 4.74 Å². The molecule has 5 rings (SSSR count). The molecule has 0 aliphatic carbocycles. The zero-order valence-electron chi connectivity index (χ0n) is 18.0. The van der Waals surface area contributed by atoms with Crippen molar-refractivity contribution in [1.29, 1.82) is 0 Å². The lowest BCUT2D eigenvalue weighted by Crippen LogP contribution is -2.64. The van der Waals surface area contributed by atoms with Gasteiger partial charge >= 0.3 is 0 Å². The van der Waals surface area contributed by atoms with Crippen LogP contribution < -0.4 is 5.32 Å². The van der Waals surface area contributed by atoms with Gasteiger partial charge in [-0.2, -0.15) is 0 Å². The number of carbonyl (C=O) groups excluding carboxylic acids is 2. The van der Waals surface area contributed by atoms with Crippen molar-refractivity contribution < 1.29 is 18.7 Å². The molecule has 2 aliphatic rings. The number of carbonyl (C=O) groups is 2. The number of nitrogens with zero attached hydrogens (tertiary/aromatic N) is 2. The van der Waals surface area contributed by atoms with Crippen LogP contribution in [0.25, 0.3) is 10.9 Å². The van der Waals surface area contributed by atoms with Crippen LogP contribution in [0, 0.1) is 5.82 Å². The molecule has 166 valence electrons. The molecular formula is C25H26FN3O3. The van der Waals surface area contributed by atoms with E-state index < -0.39 is 5.54 Å². The molecule has 0 saturated carbocycles. The Morgan fingerprint density at radius 1 is 1.22 bits per heavy atom. The molecule has 3 heterocycles. The van der Waals surface area contributed by atoms with Crippen LogP contribution in [0.5, 0.6) is 0 Å². The Morgan fingerprint density at radius 2 is 2.06 bits per heavy atom. The third-order valence-electron chi connectivity index (χ3n) is 6.57. The molecule has 1 N–H and O–H groups in total. The van der Waals surface area contributed by atoms with Gasteiger partial charge in [0.2, 0.25) is 5.91 Å². The SMILES string of the molecule is C[C@@]1(C(=O)NC[C@@H]2CCCO2)Cn2c(cc3ccccc32)C(=O)N1Cc1cccc(F)c1. The van der Waals surface area contributed by atoms with Crippen molar-refractivity contribution in [2.75, 3.05) is 13.2 Å². The number of aromatic nitrogens is 1. The molecular weight excluding hydrogens is 409 g/mol. The molecule has 1 saturated heterocycles. The Labute approximate surface area is 186 Å². The van der Waals surface area contributed by atoms with Gasteiger partial charge in [0, 0.05) is 30.6 Å². The van der Waals surface area contributed by atoms with E-state index in [9.17, 15) is 14.0 Å². The van der Waals surface area contributed by atoms with Crippen LogP contribution in [0.2, 0.25) is 0 Å². The van der Waals surface area contributed by atoms with Crippen LogP contribution >= 0.6 is 0 Å². The van der Waals surface area contributed by atoms with Crippen molar-refractivity contribution in [2.45, 2.75) is 44.5 Å². The van der Waals surface area contributed by atoms with E-state index in [1.165, 1.54) is 12.1 Å². The number of rotatable bonds is 5. The summed E-state index contributed by atoms with van der Waals surface area (Å²) in [6.45, 7) is 3.36. The number of hydrogen-bond donors (Lipinski definition) is 1. The fourth-order valence-electron chi connectivity index (χ4n) is 4.77. The summed E-state index contributed by atoms with van der Waals surface area (Å²) in [5, 5.41) is 3.96. The third-order valence-corrected chi connectivity index (χ3v) is 6.57. The van der Waals surface area contributed by atoms with Gasteiger partial charge in [-0.1, -0.05) is 30.3 Å². The number of nitrogens with one attached hydrogen (secondary N) is 1. The predicted octanol–water partition coefficient (Wildman–Crippen LogP) is 3.49. The van der Waals surface area contributed by atoms with Gasteiger partial charge in [-0.3, -0.25) is 9.59 Å². The number of amides is 2. The van der Waals surface area contributed by atoms with Gasteiger partial charge in [-0.05, 0) is 49.6 Å². The van der Waals surface area contributed by atoms with Gasteiger partial charge in [-0.25, -0.2) is 4.39 Å². The van der Waals surface area contributed by atoms with Crippen molar-refractivity contribution >= 4 is 22.7 Å². The third kappa shape index (κ3) is 3.56. The summed E-state index contributed by atoms with van der Waals surface area (Å²) in [6, 6.07) is 15.8. The normalized spacial score (nSPS) is 22.9. The van der Waals surface area contributed by atoms with Crippen LogP contribution in [0.4, 0.5) is 4.39 Å². The number of ether oxygens (including phenoxy) is 1. The standard InChI is InChI=1S/C25H26FN3O3/c1-25(24(31)27-14-20-9-5-11-32-20)16-28-21-10-3-2-7-18(21)13-22(28)23(30)29(25)15-17-6-4-8-19(26)12-17/h2-4,6-8,10,12-13,20H,5,9,11,14-16H2,1H3,(H,27,31)/t20-,25-/m0/s1. The van der Waals surface area contributed by atoms with E-state index in [1.54, 1.807) is 24.0 Å². The van der Waals surface area contributed by atoms with Crippen LogP contribution in [0.3, 0.4) is 0 Å². The van der Waals surface area contributed by atoms with Crippen molar-refractivity contribution in [3.63, 3.8) is 0 Å². The van der Waals surface area contributed by atoms with Gasteiger partial charge in [0.1, 0.15) is 17.1 Å². The van der Waals surface area contributed by atoms with Gasteiger partial charge in [0.05, 0.1) is 12.6 Å². The minimum atomic E-state index is -1.14. The number of para-hydroxylation sites is 1. The smallest absolute Gasteiger partial charge is 0.271 e. The number of halogens is 1. The van der Waals surface area contributed by atoms with E-state index in [-0.39, 0.29) is 30.3 Å². The highest BCUT2D eigenvalue weighted by molar-refractivity contribution is 6.03. The van der Waals surface area contributed by atoms with Crippen molar-refractivity contribution in [1.82, 2.24) is 14.8 Å². The predicted molar refractivity (Wildman–Crippen MR) is 119 cm³/mol. The first-order valence-electron chi connectivity index (χ1n) is 11.0. The quantitative estimate of drug-likeness (QED) is 0.667. The highest BCUT2D eigenvalue weighted by atomic mass is 19.1. The lowest BCUT2D eigenvalue weighted by atomic mass is 9.93. The maximum absolute atomic E-state index is 13.8. The average molecular weight is 435 g/mol. The molecule has 0 unspecified atom stereocenters.